The summed E-state index contributed by atoms with van der Waals surface area (Å²) in [5.74, 6) is -1.17. The molecule has 0 spiro atoms. The summed E-state index contributed by atoms with van der Waals surface area (Å²) in [6.45, 7) is 1.65. The van der Waals surface area contributed by atoms with Crippen LogP contribution in [0.1, 0.15) is 58.6 Å². The topological polar surface area (TPSA) is 103 Å². The number of pyridine rings is 1. The first-order valence-electron chi connectivity index (χ1n) is 11.8. The van der Waals surface area contributed by atoms with Gasteiger partial charge in [-0.15, -0.1) is 0 Å². The molecule has 11 heteroatoms. The van der Waals surface area contributed by atoms with Gasteiger partial charge < -0.3 is 10.0 Å². The number of halogens is 3. The van der Waals surface area contributed by atoms with Gasteiger partial charge in [0, 0.05) is 26.1 Å². The van der Waals surface area contributed by atoms with Gasteiger partial charge in [0.1, 0.15) is 11.6 Å². The summed E-state index contributed by atoms with van der Waals surface area (Å²) in [7, 11) is 0. The molecule has 2 saturated heterocycles. The van der Waals surface area contributed by atoms with Crippen molar-refractivity contribution in [3.8, 4) is 0 Å². The molecule has 190 valence electrons. The molecule has 0 unspecified atom stereocenters. The molecular formula is C25H25F3N4O4. The van der Waals surface area contributed by atoms with E-state index in [9.17, 15) is 32.7 Å². The Hall–Kier alpha value is -3.31. The number of rotatable bonds is 4. The molecule has 3 aliphatic heterocycles. The smallest absolute Gasteiger partial charge is 0.383 e. The second-order valence-corrected chi connectivity index (χ2v) is 9.59. The fourth-order valence-electron chi connectivity index (χ4n) is 5.09. The Labute approximate surface area is 205 Å². The Bertz CT molecular complexity index is 1210. The fourth-order valence-corrected chi connectivity index (χ4v) is 5.09. The Morgan fingerprint density at radius 2 is 1.75 bits per heavy atom. The minimum Gasteiger partial charge on any atom is -0.383 e. The molecule has 36 heavy (non-hydrogen) atoms. The first-order valence-corrected chi connectivity index (χ1v) is 11.8. The minimum absolute atomic E-state index is 0.129. The van der Waals surface area contributed by atoms with Crippen molar-refractivity contribution in [1.82, 2.24) is 20.1 Å². The van der Waals surface area contributed by atoms with Crippen LogP contribution in [-0.2, 0) is 34.5 Å². The molecule has 0 radical (unpaired) electrons. The van der Waals surface area contributed by atoms with Crippen LogP contribution in [0.25, 0.3) is 0 Å². The maximum Gasteiger partial charge on any atom is 0.416 e. The van der Waals surface area contributed by atoms with Crippen molar-refractivity contribution in [2.24, 2.45) is 0 Å². The average molecular weight is 502 g/mol. The van der Waals surface area contributed by atoms with Gasteiger partial charge in [-0.2, -0.15) is 13.2 Å². The largest absolute Gasteiger partial charge is 0.416 e. The van der Waals surface area contributed by atoms with E-state index in [-0.39, 0.29) is 31.2 Å². The predicted molar refractivity (Wildman–Crippen MR) is 120 cm³/mol. The van der Waals surface area contributed by atoms with E-state index in [1.54, 1.807) is 12.1 Å². The van der Waals surface area contributed by atoms with Gasteiger partial charge in [0.2, 0.25) is 11.8 Å². The fraction of sp³-hybridized carbons (Fsp3) is 0.440. The number of nitrogens with one attached hydrogen (secondary N) is 1. The van der Waals surface area contributed by atoms with E-state index in [1.165, 1.54) is 17.0 Å². The summed E-state index contributed by atoms with van der Waals surface area (Å²) in [6.07, 6.45) is -3.19. The second kappa shape index (κ2) is 8.97. The SMILES string of the molecule is O=C1CC[C@H](N2Cc3nc(C4(O)CCN(Cc5ccc(C(F)(F)F)cc5)CC4)ccc3C2=O)C(=O)N1. The molecular weight excluding hydrogens is 477 g/mol. The lowest BCUT2D eigenvalue weighted by atomic mass is 9.87. The maximum absolute atomic E-state index is 12.9. The van der Waals surface area contributed by atoms with Crippen LogP contribution in [0.2, 0.25) is 0 Å². The Balaban J connectivity index is 1.23. The zero-order valence-corrected chi connectivity index (χ0v) is 19.3. The van der Waals surface area contributed by atoms with Crippen molar-refractivity contribution < 1.29 is 32.7 Å². The van der Waals surface area contributed by atoms with Gasteiger partial charge >= 0.3 is 6.18 Å². The number of carbonyl (C=O) groups is 3. The molecule has 3 amide bonds. The van der Waals surface area contributed by atoms with E-state index in [0.717, 1.165) is 17.7 Å². The maximum atomic E-state index is 12.9. The molecule has 4 heterocycles. The third kappa shape index (κ3) is 4.60. The lowest BCUT2D eigenvalue weighted by Crippen LogP contribution is -2.52. The van der Waals surface area contributed by atoms with Crippen LogP contribution in [0, 0.1) is 0 Å². The van der Waals surface area contributed by atoms with Crippen molar-refractivity contribution in [3.05, 3.63) is 64.5 Å². The number of amides is 3. The lowest BCUT2D eigenvalue weighted by Gasteiger charge is -2.38. The van der Waals surface area contributed by atoms with E-state index in [0.29, 0.717) is 49.4 Å². The molecule has 8 nitrogen and oxygen atoms in total. The highest BCUT2D eigenvalue weighted by Crippen LogP contribution is 2.35. The van der Waals surface area contributed by atoms with Crippen LogP contribution in [-0.4, -0.2) is 56.7 Å². The van der Waals surface area contributed by atoms with E-state index < -0.39 is 29.3 Å². The van der Waals surface area contributed by atoms with Gasteiger partial charge in [-0.3, -0.25) is 29.6 Å². The number of aromatic nitrogens is 1. The third-order valence-corrected chi connectivity index (χ3v) is 7.22. The molecule has 1 atom stereocenters. The number of likely N-dealkylation sites (tertiary alicyclic amines) is 1. The molecule has 2 aromatic rings. The highest BCUT2D eigenvalue weighted by atomic mass is 19.4. The number of hydrogen-bond donors (Lipinski definition) is 2. The summed E-state index contributed by atoms with van der Waals surface area (Å²) in [5.41, 5.74) is 0.201. The van der Waals surface area contributed by atoms with Crippen LogP contribution >= 0.6 is 0 Å². The van der Waals surface area contributed by atoms with Crippen molar-refractivity contribution in [2.75, 3.05) is 13.1 Å². The number of fused-ring (bicyclic) bond motifs is 1. The highest BCUT2D eigenvalue weighted by molar-refractivity contribution is 6.05. The summed E-state index contributed by atoms with van der Waals surface area (Å²) < 4.78 is 38.3. The molecule has 1 aromatic heterocycles. The Kier molecular flexibility index (Phi) is 6.08. The Morgan fingerprint density at radius 1 is 1.06 bits per heavy atom. The summed E-state index contributed by atoms with van der Waals surface area (Å²) in [5, 5.41) is 13.6. The molecule has 0 bridgehead atoms. The monoisotopic (exact) mass is 502 g/mol. The Morgan fingerprint density at radius 3 is 2.39 bits per heavy atom. The summed E-state index contributed by atoms with van der Waals surface area (Å²) in [4.78, 5) is 44.6. The van der Waals surface area contributed by atoms with Gasteiger partial charge in [-0.05, 0) is 49.1 Å². The van der Waals surface area contributed by atoms with E-state index >= 15 is 0 Å². The standard InChI is InChI=1S/C25H25F3N4O4/c26-25(27,28)16-3-1-15(2-4-16)13-31-11-9-24(36,10-12-31)20-7-5-17-18(29-20)14-32(23(17)35)19-6-8-21(33)30-22(19)34/h1-5,7,19,36H,6,8-14H2,(H,30,33,34)/t19-/m0/s1. The van der Waals surface area contributed by atoms with Crippen LogP contribution in [0.3, 0.4) is 0 Å². The van der Waals surface area contributed by atoms with Crippen LogP contribution in [0.5, 0.6) is 0 Å². The summed E-state index contributed by atoms with van der Waals surface area (Å²) >= 11 is 0. The molecule has 3 aliphatic rings. The number of piperidine rings is 2. The van der Waals surface area contributed by atoms with Gasteiger partial charge in [0.15, 0.2) is 0 Å². The van der Waals surface area contributed by atoms with Crippen LogP contribution in [0.15, 0.2) is 36.4 Å². The molecule has 0 saturated carbocycles. The number of aliphatic hydroxyl groups is 1. The van der Waals surface area contributed by atoms with Crippen molar-refractivity contribution in [1.29, 1.82) is 0 Å². The molecule has 2 N–H and O–H groups in total. The van der Waals surface area contributed by atoms with E-state index in [2.05, 4.69) is 15.2 Å². The van der Waals surface area contributed by atoms with Crippen molar-refractivity contribution in [2.45, 2.75) is 56.6 Å². The van der Waals surface area contributed by atoms with E-state index in [4.69, 9.17) is 0 Å². The van der Waals surface area contributed by atoms with E-state index in [1.807, 2.05) is 0 Å². The first kappa shape index (κ1) is 24.4. The van der Waals surface area contributed by atoms with Crippen LogP contribution in [0.4, 0.5) is 13.2 Å². The zero-order chi connectivity index (χ0) is 25.7. The number of nitrogens with zero attached hydrogens (tertiary/aromatic N) is 3. The number of benzene rings is 1. The molecule has 5 rings (SSSR count). The average Bonchev–Trinajstić information content (AvgIpc) is 3.16. The summed E-state index contributed by atoms with van der Waals surface area (Å²) in [6, 6.07) is 7.61. The number of imide groups is 1. The zero-order valence-electron chi connectivity index (χ0n) is 19.3. The second-order valence-electron chi connectivity index (χ2n) is 9.59. The predicted octanol–water partition coefficient (Wildman–Crippen LogP) is 2.34. The van der Waals surface area contributed by atoms with Crippen molar-refractivity contribution >= 4 is 17.7 Å². The van der Waals surface area contributed by atoms with Gasteiger partial charge in [0.05, 0.1) is 29.1 Å². The van der Waals surface area contributed by atoms with Crippen molar-refractivity contribution in [3.63, 3.8) is 0 Å². The number of carbonyl (C=O) groups excluding carboxylic acids is 3. The first-order chi connectivity index (χ1) is 17.0. The van der Waals surface area contributed by atoms with Gasteiger partial charge in [-0.25, -0.2) is 0 Å². The highest BCUT2D eigenvalue weighted by Gasteiger charge is 2.41. The lowest BCUT2D eigenvalue weighted by molar-refractivity contribution is -0.138. The number of hydrogen-bond acceptors (Lipinski definition) is 6. The van der Waals surface area contributed by atoms with Crippen LogP contribution < -0.4 is 5.32 Å². The third-order valence-electron chi connectivity index (χ3n) is 7.22. The molecule has 0 aliphatic carbocycles. The van der Waals surface area contributed by atoms with Gasteiger partial charge in [0.25, 0.3) is 5.91 Å². The number of alkyl halides is 3. The minimum atomic E-state index is -4.37. The normalized spacial score (nSPS) is 22.5. The van der Waals surface area contributed by atoms with Gasteiger partial charge in [-0.1, -0.05) is 12.1 Å². The molecule has 1 aromatic carbocycles. The quantitative estimate of drug-likeness (QED) is 0.623. The molecule has 2 fully saturated rings.